The van der Waals surface area contributed by atoms with Gasteiger partial charge in [0.1, 0.15) is 5.76 Å². The van der Waals surface area contributed by atoms with E-state index in [0.717, 1.165) is 12.2 Å². The molecule has 0 saturated carbocycles. The van der Waals surface area contributed by atoms with Crippen molar-refractivity contribution in [3.8, 4) is 0 Å². The Morgan fingerprint density at radius 1 is 1.44 bits per heavy atom. The normalized spacial score (nSPS) is 12.0. The zero-order valence-corrected chi connectivity index (χ0v) is 9.86. The molecule has 5 nitrogen and oxygen atoms in total. The first kappa shape index (κ1) is 13.2. The Balaban J connectivity index is 2.35. The van der Waals surface area contributed by atoms with Gasteiger partial charge >= 0.3 is 0 Å². The van der Waals surface area contributed by atoms with Crippen LogP contribution < -0.4 is 5.32 Å². The van der Waals surface area contributed by atoms with Crippen LogP contribution >= 0.6 is 0 Å². The Labute approximate surface area is 95.5 Å². The Morgan fingerprint density at radius 2 is 2.12 bits per heavy atom. The summed E-state index contributed by atoms with van der Waals surface area (Å²) < 4.78 is 5.42. The maximum Gasteiger partial charge on any atom is 0.208 e. The molecule has 0 aliphatic heterocycles. The van der Waals surface area contributed by atoms with Crippen LogP contribution in [0.3, 0.4) is 0 Å². The van der Waals surface area contributed by atoms with Gasteiger partial charge in [-0.1, -0.05) is 13.8 Å². The lowest BCUT2D eigenvalue weighted by atomic mass is 9.93. The number of aryl methyl sites for hydroxylation is 1. The fourth-order valence-electron chi connectivity index (χ4n) is 1.23. The number of rotatable bonds is 7. The van der Waals surface area contributed by atoms with Crippen molar-refractivity contribution in [1.82, 2.24) is 10.3 Å². The first-order valence-electron chi connectivity index (χ1n) is 5.49. The highest BCUT2D eigenvalue weighted by Crippen LogP contribution is 2.12. The quantitative estimate of drug-likeness (QED) is 0.626. The third-order valence-corrected chi connectivity index (χ3v) is 2.54. The minimum atomic E-state index is -0.500. The van der Waals surface area contributed by atoms with Gasteiger partial charge in [0.05, 0.1) is 26.0 Å². The lowest BCUT2D eigenvalue weighted by molar-refractivity contribution is 0.0690. The molecule has 3 N–H and O–H groups in total. The molecule has 0 spiro atoms. The lowest BCUT2D eigenvalue weighted by Gasteiger charge is -2.24. The van der Waals surface area contributed by atoms with Gasteiger partial charge in [0, 0.05) is 18.4 Å². The van der Waals surface area contributed by atoms with E-state index in [4.69, 9.17) is 14.6 Å². The van der Waals surface area contributed by atoms with Gasteiger partial charge in [0.15, 0.2) is 0 Å². The summed E-state index contributed by atoms with van der Waals surface area (Å²) >= 11 is 0. The largest absolute Gasteiger partial charge is 0.444 e. The van der Waals surface area contributed by atoms with E-state index in [2.05, 4.69) is 10.3 Å². The Hall–Kier alpha value is -0.910. The summed E-state index contributed by atoms with van der Waals surface area (Å²) in [5.41, 5.74) is -0.500. The van der Waals surface area contributed by atoms with Crippen LogP contribution in [0.1, 0.15) is 25.5 Å². The van der Waals surface area contributed by atoms with E-state index in [1.165, 1.54) is 0 Å². The average Bonchev–Trinajstić information content (AvgIpc) is 2.77. The fourth-order valence-corrected chi connectivity index (χ4v) is 1.23. The van der Waals surface area contributed by atoms with Gasteiger partial charge in [-0.3, -0.25) is 0 Å². The van der Waals surface area contributed by atoms with E-state index in [1.807, 2.05) is 13.8 Å². The highest BCUT2D eigenvalue weighted by atomic mass is 16.4. The van der Waals surface area contributed by atoms with Crippen LogP contribution in [0.5, 0.6) is 0 Å². The fraction of sp³-hybridized carbons (Fsp3) is 0.727. The number of hydrogen-bond acceptors (Lipinski definition) is 5. The van der Waals surface area contributed by atoms with Crippen LogP contribution in [0.15, 0.2) is 10.6 Å². The molecule has 0 amide bonds. The molecule has 1 aromatic heterocycles. The molecule has 0 fully saturated rings. The van der Waals surface area contributed by atoms with Gasteiger partial charge in [0.2, 0.25) is 5.89 Å². The molecule has 1 rings (SSSR count). The summed E-state index contributed by atoms with van der Waals surface area (Å²) in [5, 5.41) is 21.3. The van der Waals surface area contributed by atoms with Crippen LogP contribution in [0.2, 0.25) is 0 Å². The molecule has 5 heteroatoms. The van der Waals surface area contributed by atoms with Gasteiger partial charge in [-0.15, -0.1) is 0 Å². The molecule has 92 valence electrons. The van der Waals surface area contributed by atoms with Crippen molar-refractivity contribution < 1.29 is 14.6 Å². The first-order chi connectivity index (χ1) is 7.63. The van der Waals surface area contributed by atoms with E-state index in [0.29, 0.717) is 19.0 Å². The van der Waals surface area contributed by atoms with Gasteiger partial charge in [-0.05, 0) is 0 Å². The number of aromatic nitrogens is 1. The van der Waals surface area contributed by atoms with Gasteiger partial charge < -0.3 is 19.9 Å². The molecule has 0 bridgehead atoms. The maximum absolute atomic E-state index is 9.09. The molecule has 0 aliphatic rings. The molecule has 0 radical (unpaired) electrons. The van der Waals surface area contributed by atoms with Crippen molar-refractivity contribution in [3.63, 3.8) is 0 Å². The van der Waals surface area contributed by atoms with Crippen molar-refractivity contribution in [3.05, 3.63) is 17.8 Å². The molecule has 0 unspecified atom stereocenters. The third kappa shape index (κ3) is 3.59. The van der Waals surface area contributed by atoms with Crippen LogP contribution in [0.25, 0.3) is 0 Å². The second kappa shape index (κ2) is 5.98. The molecule has 0 atom stereocenters. The van der Waals surface area contributed by atoms with E-state index < -0.39 is 5.41 Å². The number of hydrogen-bond donors (Lipinski definition) is 3. The Kier molecular flexibility index (Phi) is 4.92. The van der Waals surface area contributed by atoms with E-state index in [1.54, 1.807) is 6.20 Å². The molecule has 1 aromatic rings. The van der Waals surface area contributed by atoms with E-state index in [-0.39, 0.29) is 13.2 Å². The smallest absolute Gasteiger partial charge is 0.208 e. The van der Waals surface area contributed by atoms with Gasteiger partial charge in [-0.25, -0.2) is 4.98 Å². The second-order valence-corrected chi connectivity index (χ2v) is 4.30. The number of aliphatic hydroxyl groups excluding tert-OH is 2. The predicted molar refractivity (Wildman–Crippen MR) is 59.9 cm³/mol. The van der Waals surface area contributed by atoms with Crippen molar-refractivity contribution in [2.45, 2.75) is 26.8 Å². The zero-order valence-electron chi connectivity index (χ0n) is 9.86. The standard InChI is InChI=1S/C11H20N2O3/c1-3-9-4-13-10(16-9)5-12-6-11(2,7-14)8-15/h4,12,14-15H,3,5-8H2,1-2H3. The van der Waals surface area contributed by atoms with Crippen molar-refractivity contribution >= 4 is 0 Å². The van der Waals surface area contributed by atoms with Gasteiger partial charge in [-0.2, -0.15) is 0 Å². The minimum Gasteiger partial charge on any atom is -0.444 e. The topological polar surface area (TPSA) is 78.5 Å². The van der Waals surface area contributed by atoms with E-state index >= 15 is 0 Å². The summed E-state index contributed by atoms with van der Waals surface area (Å²) in [6, 6.07) is 0. The first-order valence-corrected chi connectivity index (χ1v) is 5.49. The molecule has 16 heavy (non-hydrogen) atoms. The van der Waals surface area contributed by atoms with Crippen LogP contribution in [0.4, 0.5) is 0 Å². The van der Waals surface area contributed by atoms with Crippen LogP contribution in [-0.4, -0.2) is 35.0 Å². The second-order valence-electron chi connectivity index (χ2n) is 4.30. The predicted octanol–water partition coefficient (Wildman–Crippen LogP) is 0.317. The van der Waals surface area contributed by atoms with Crippen LogP contribution in [-0.2, 0) is 13.0 Å². The number of aliphatic hydroxyl groups is 2. The highest BCUT2D eigenvalue weighted by molar-refractivity contribution is 4.93. The summed E-state index contributed by atoms with van der Waals surface area (Å²) in [5.74, 6) is 1.50. The van der Waals surface area contributed by atoms with Crippen molar-refractivity contribution in [2.24, 2.45) is 5.41 Å². The minimum absolute atomic E-state index is 0.0533. The number of oxazole rings is 1. The highest BCUT2D eigenvalue weighted by Gasteiger charge is 2.21. The summed E-state index contributed by atoms with van der Waals surface area (Å²) in [7, 11) is 0. The van der Waals surface area contributed by atoms with Crippen molar-refractivity contribution in [2.75, 3.05) is 19.8 Å². The molecule has 0 saturated heterocycles. The monoisotopic (exact) mass is 228 g/mol. The Morgan fingerprint density at radius 3 is 2.62 bits per heavy atom. The average molecular weight is 228 g/mol. The summed E-state index contributed by atoms with van der Waals surface area (Å²) in [4.78, 5) is 4.10. The lowest BCUT2D eigenvalue weighted by Crippen LogP contribution is -2.37. The number of nitrogens with zero attached hydrogens (tertiary/aromatic N) is 1. The van der Waals surface area contributed by atoms with E-state index in [9.17, 15) is 0 Å². The van der Waals surface area contributed by atoms with Crippen LogP contribution in [0, 0.1) is 5.41 Å². The molecule has 1 heterocycles. The molecule has 0 aromatic carbocycles. The maximum atomic E-state index is 9.09. The zero-order chi connectivity index (χ0) is 12.0. The molecular formula is C11H20N2O3. The number of nitrogens with one attached hydrogen (secondary N) is 1. The molecule has 0 aliphatic carbocycles. The molecular weight excluding hydrogens is 208 g/mol. The summed E-state index contributed by atoms with van der Waals surface area (Å²) in [6.07, 6.45) is 2.55. The van der Waals surface area contributed by atoms with Gasteiger partial charge in [0.25, 0.3) is 0 Å². The third-order valence-electron chi connectivity index (χ3n) is 2.54. The SMILES string of the molecule is CCc1cnc(CNCC(C)(CO)CO)o1. The Bertz CT molecular complexity index is 308. The summed E-state index contributed by atoms with van der Waals surface area (Å²) in [6.45, 7) is 4.74. The van der Waals surface area contributed by atoms with Crippen molar-refractivity contribution in [1.29, 1.82) is 0 Å².